The zero-order valence-corrected chi connectivity index (χ0v) is 6.65. The van der Waals surface area contributed by atoms with Gasteiger partial charge in [0.05, 0.1) is 11.3 Å². The maximum Gasteiger partial charge on any atom is 0.377 e. The smallest absolute Gasteiger partial charge is 0.377 e. The normalized spacial score (nSPS) is 9.31. The highest BCUT2D eigenvalue weighted by molar-refractivity contribution is 6.41. The molecule has 0 heterocycles. The highest BCUT2D eigenvalue weighted by Crippen LogP contribution is 2.13. The summed E-state index contributed by atoms with van der Waals surface area (Å²) in [6.07, 6.45) is 0. The van der Waals surface area contributed by atoms with Crippen molar-refractivity contribution in [2.24, 2.45) is 5.84 Å². The number of aliphatic carboxylic acids is 1. The van der Waals surface area contributed by atoms with E-state index in [1.807, 2.05) is 0 Å². The number of anilines is 1. The van der Waals surface area contributed by atoms with Crippen LogP contribution in [-0.4, -0.2) is 16.9 Å². The Balaban J connectivity index is 3.13. The van der Waals surface area contributed by atoms with Crippen LogP contribution in [0.3, 0.4) is 0 Å². The first kappa shape index (κ1) is 9.21. The number of para-hydroxylation sites is 1. The molecule has 5 nitrogen and oxygen atoms in total. The molecule has 0 bridgehead atoms. The van der Waals surface area contributed by atoms with Gasteiger partial charge in [-0.05, 0) is 12.1 Å². The number of carboxylic acids is 1. The first-order valence-corrected chi connectivity index (χ1v) is 3.50. The second-order valence-corrected chi connectivity index (χ2v) is 2.32. The van der Waals surface area contributed by atoms with Gasteiger partial charge in [0, 0.05) is 0 Å². The Morgan fingerprint density at radius 3 is 2.46 bits per heavy atom. The van der Waals surface area contributed by atoms with Gasteiger partial charge in [-0.1, -0.05) is 12.1 Å². The minimum atomic E-state index is -1.50. The summed E-state index contributed by atoms with van der Waals surface area (Å²) < 4.78 is 0. The van der Waals surface area contributed by atoms with Crippen molar-refractivity contribution >= 4 is 17.4 Å². The van der Waals surface area contributed by atoms with Gasteiger partial charge in [-0.2, -0.15) is 0 Å². The highest BCUT2D eigenvalue weighted by atomic mass is 16.4. The van der Waals surface area contributed by atoms with Crippen LogP contribution in [0.15, 0.2) is 24.3 Å². The quantitative estimate of drug-likeness (QED) is 0.268. The van der Waals surface area contributed by atoms with Crippen LogP contribution in [0.25, 0.3) is 0 Å². The second kappa shape index (κ2) is 3.68. The number of benzene rings is 1. The number of ketones is 1. The van der Waals surface area contributed by atoms with Crippen LogP contribution in [-0.2, 0) is 4.79 Å². The lowest BCUT2D eigenvalue weighted by Crippen LogP contribution is -2.17. The molecule has 0 saturated heterocycles. The number of Topliss-reactive ketones (excluding diaryl/α,β-unsaturated/α-hetero) is 1. The van der Waals surface area contributed by atoms with E-state index in [9.17, 15) is 9.59 Å². The Hall–Kier alpha value is -1.88. The SMILES string of the molecule is NNc1ccccc1C(=O)C(=O)O. The summed E-state index contributed by atoms with van der Waals surface area (Å²) in [6.45, 7) is 0. The maximum atomic E-state index is 11.0. The molecule has 0 fully saturated rings. The average molecular weight is 180 g/mol. The topological polar surface area (TPSA) is 92.4 Å². The van der Waals surface area contributed by atoms with E-state index in [2.05, 4.69) is 5.43 Å². The van der Waals surface area contributed by atoms with Crippen molar-refractivity contribution < 1.29 is 14.7 Å². The number of carboxylic acid groups (broad SMARTS) is 1. The zero-order chi connectivity index (χ0) is 9.84. The Kier molecular flexibility index (Phi) is 2.61. The third-order valence-electron chi connectivity index (χ3n) is 1.52. The molecule has 0 unspecified atom stereocenters. The highest BCUT2D eigenvalue weighted by Gasteiger charge is 2.17. The molecule has 0 aliphatic heterocycles. The molecule has 0 spiro atoms. The predicted molar refractivity (Wildman–Crippen MR) is 46.2 cm³/mol. The predicted octanol–water partition coefficient (Wildman–Crippen LogP) is 0.239. The molecule has 0 aromatic heterocycles. The van der Waals surface area contributed by atoms with E-state index >= 15 is 0 Å². The van der Waals surface area contributed by atoms with Gasteiger partial charge in [0.25, 0.3) is 5.78 Å². The van der Waals surface area contributed by atoms with Gasteiger partial charge in [0.15, 0.2) is 0 Å². The van der Waals surface area contributed by atoms with Gasteiger partial charge in [-0.3, -0.25) is 10.6 Å². The summed E-state index contributed by atoms with van der Waals surface area (Å²) in [4.78, 5) is 21.4. The lowest BCUT2D eigenvalue weighted by Gasteiger charge is -2.03. The van der Waals surface area contributed by atoms with E-state index < -0.39 is 11.8 Å². The fourth-order valence-electron chi connectivity index (χ4n) is 0.922. The van der Waals surface area contributed by atoms with Crippen LogP contribution in [0.4, 0.5) is 5.69 Å². The van der Waals surface area contributed by atoms with Crippen LogP contribution in [0.5, 0.6) is 0 Å². The van der Waals surface area contributed by atoms with Crippen LogP contribution in [0.2, 0.25) is 0 Å². The summed E-state index contributed by atoms with van der Waals surface area (Å²) in [5.41, 5.74) is 2.60. The van der Waals surface area contributed by atoms with Crippen LogP contribution < -0.4 is 11.3 Å². The Morgan fingerprint density at radius 2 is 1.92 bits per heavy atom. The Bertz CT molecular complexity index is 349. The van der Waals surface area contributed by atoms with E-state index in [0.717, 1.165) is 0 Å². The van der Waals surface area contributed by atoms with Gasteiger partial charge in [0.1, 0.15) is 0 Å². The van der Waals surface area contributed by atoms with E-state index in [4.69, 9.17) is 10.9 Å². The Morgan fingerprint density at radius 1 is 1.31 bits per heavy atom. The number of nitrogens with two attached hydrogens (primary N) is 1. The standard InChI is InChI=1S/C8H8N2O3/c9-10-6-4-2-1-3-5(6)7(11)8(12)13/h1-4,10H,9H2,(H,12,13). The molecule has 1 aromatic rings. The van der Waals surface area contributed by atoms with Crippen molar-refractivity contribution in [3.8, 4) is 0 Å². The van der Waals surface area contributed by atoms with Crippen molar-refractivity contribution in [1.29, 1.82) is 0 Å². The van der Waals surface area contributed by atoms with E-state index in [1.165, 1.54) is 12.1 Å². The van der Waals surface area contributed by atoms with Gasteiger partial charge in [0.2, 0.25) is 0 Å². The van der Waals surface area contributed by atoms with Crippen LogP contribution in [0, 0.1) is 0 Å². The van der Waals surface area contributed by atoms with Crippen molar-refractivity contribution in [3.63, 3.8) is 0 Å². The average Bonchev–Trinajstić information content (AvgIpc) is 2.16. The summed E-state index contributed by atoms with van der Waals surface area (Å²) in [6, 6.07) is 6.13. The minimum absolute atomic E-state index is 0.0532. The molecule has 1 aromatic carbocycles. The lowest BCUT2D eigenvalue weighted by molar-refractivity contribution is -0.131. The molecule has 4 N–H and O–H groups in total. The van der Waals surface area contributed by atoms with Gasteiger partial charge < -0.3 is 10.5 Å². The molecule has 0 aliphatic rings. The number of hydrogen-bond acceptors (Lipinski definition) is 4. The number of carbonyl (C=O) groups excluding carboxylic acids is 1. The van der Waals surface area contributed by atoms with Crippen molar-refractivity contribution in [2.75, 3.05) is 5.43 Å². The number of hydrazine groups is 1. The van der Waals surface area contributed by atoms with Crippen LogP contribution in [0.1, 0.15) is 10.4 Å². The van der Waals surface area contributed by atoms with Crippen LogP contribution >= 0.6 is 0 Å². The molecule has 0 radical (unpaired) electrons. The molecule has 5 heteroatoms. The number of nitrogens with one attached hydrogen (secondary N) is 1. The molecular formula is C8H8N2O3. The maximum absolute atomic E-state index is 11.0. The monoisotopic (exact) mass is 180 g/mol. The van der Waals surface area contributed by atoms with E-state index in [0.29, 0.717) is 5.69 Å². The summed E-state index contributed by atoms with van der Waals surface area (Å²) in [7, 11) is 0. The van der Waals surface area contributed by atoms with Crippen molar-refractivity contribution in [1.82, 2.24) is 0 Å². The third-order valence-corrected chi connectivity index (χ3v) is 1.52. The Labute approximate surface area is 74.1 Å². The van der Waals surface area contributed by atoms with E-state index in [-0.39, 0.29) is 5.56 Å². The summed E-state index contributed by atoms with van der Waals surface area (Å²) >= 11 is 0. The molecule has 13 heavy (non-hydrogen) atoms. The van der Waals surface area contributed by atoms with Gasteiger partial charge in [-0.15, -0.1) is 0 Å². The molecule has 0 atom stereocenters. The zero-order valence-electron chi connectivity index (χ0n) is 6.65. The molecule has 1 rings (SSSR count). The number of nitrogen functional groups attached to an aromatic ring is 1. The van der Waals surface area contributed by atoms with Gasteiger partial charge in [-0.25, -0.2) is 4.79 Å². The minimum Gasteiger partial charge on any atom is -0.475 e. The lowest BCUT2D eigenvalue weighted by atomic mass is 10.1. The van der Waals surface area contributed by atoms with Gasteiger partial charge >= 0.3 is 5.97 Å². The largest absolute Gasteiger partial charge is 0.475 e. The molecule has 0 amide bonds. The van der Waals surface area contributed by atoms with Crippen molar-refractivity contribution in [2.45, 2.75) is 0 Å². The third kappa shape index (κ3) is 1.83. The molecule has 68 valence electrons. The first-order valence-electron chi connectivity index (χ1n) is 3.50. The number of hydrogen-bond donors (Lipinski definition) is 3. The number of rotatable bonds is 3. The summed E-state index contributed by atoms with van der Waals surface area (Å²) in [5, 5.41) is 8.44. The second-order valence-electron chi connectivity index (χ2n) is 2.32. The van der Waals surface area contributed by atoms with E-state index in [1.54, 1.807) is 12.1 Å². The fourth-order valence-corrected chi connectivity index (χ4v) is 0.922. The summed E-state index contributed by atoms with van der Waals surface area (Å²) in [5.74, 6) is 2.62. The molecule has 0 saturated carbocycles. The van der Waals surface area contributed by atoms with Crippen molar-refractivity contribution in [3.05, 3.63) is 29.8 Å². The first-order chi connectivity index (χ1) is 6.16. The molecular weight excluding hydrogens is 172 g/mol. The number of carbonyl (C=O) groups is 2. The molecule has 0 aliphatic carbocycles. The fraction of sp³-hybridized carbons (Fsp3) is 0.